The molecule has 3 heterocycles. The van der Waals surface area contributed by atoms with Crippen molar-refractivity contribution in [2.75, 3.05) is 17.9 Å². The second-order valence-electron chi connectivity index (χ2n) is 6.66. The highest BCUT2D eigenvalue weighted by molar-refractivity contribution is 7.94. The van der Waals surface area contributed by atoms with Crippen LogP contribution in [0.3, 0.4) is 0 Å². The molecule has 0 radical (unpaired) electrons. The summed E-state index contributed by atoms with van der Waals surface area (Å²) in [6, 6.07) is 7.99. The topological polar surface area (TPSA) is 75.7 Å². The lowest BCUT2D eigenvalue weighted by Gasteiger charge is -2.37. The molecule has 4 rings (SSSR count). The summed E-state index contributed by atoms with van der Waals surface area (Å²) in [6.45, 7) is 1.27. The molecule has 2 aliphatic heterocycles. The molecule has 9 heteroatoms. The van der Waals surface area contributed by atoms with E-state index in [9.17, 15) is 13.2 Å². The molecule has 0 aliphatic carbocycles. The third-order valence-electron chi connectivity index (χ3n) is 4.87. The summed E-state index contributed by atoms with van der Waals surface area (Å²) in [5.41, 5.74) is 0.718. The molecule has 27 heavy (non-hydrogen) atoms. The van der Waals surface area contributed by atoms with E-state index >= 15 is 0 Å². The average Bonchev–Trinajstić information content (AvgIpc) is 3.08. The van der Waals surface area contributed by atoms with Gasteiger partial charge in [0.15, 0.2) is 0 Å². The number of nitrogens with zero attached hydrogens (tertiary/aromatic N) is 1. The Bertz CT molecular complexity index is 973. The molecular formula is C18H19ClN2O4S2. The van der Waals surface area contributed by atoms with Crippen LogP contribution in [-0.4, -0.2) is 38.4 Å². The molecule has 1 fully saturated rings. The number of anilines is 1. The molecule has 1 aromatic carbocycles. The second-order valence-corrected chi connectivity index (χ2v) is 10.3. The van der Waals surface area contributed by atoms with Gasteiger partial charge in [-0.1, -0.05) is 11.6 Å². The van der Waals surface area contributed by atoms with Crippen LogP contribution in [-0.2, 0) is 10.0 Å². The predicted molar refractivity (Wildman–Crippen MR) is 105 cm³/mol. The van der Waals surface area contributed by atoms with Gasteiger partial charge in [0.2, 0.25) is 0 Å². The van der Waals surface area contributed by atoms with Gasteiger partial charge < -0.3 is 9.64 Å². The quantitative estimate of drug-likeness (QED) is 0.805. The molecule has 2 aliphatic rings. The van der Waals surface area contributed by atoms with Crippen LogP contribution in [0.1, 0.15) is 36.0 Å². The largest absolute Gasteiger partial charge is 0.493 e. The number of nitrogens with one attached hydrogen (secondary N) is 1. The van der Waals surface area contributed by atoms with Crippen molar-refractivity contribution < 1.29 is 17.9 Å². The summed E-state index contributed by atoms with van der Waals surface area (Å²) >= 11 is 6.82. The minimum Gasteiger partial charge on any atom is -0.493 e. The molecule has 1 unspecified atom stereocenters. The third kappa shape index (κ3) is 3.79. The molecule has 1 amide bonds. The lowest BCUT2D eigenvalue weighted by Crippen LogP contribution is -2.45. The van der Waals surface area contributed by atoms with Crippen LogP contribution in [0.5, 0.6) is 5.75 Å². The van der Waals surface area contributed by atoms with Crippen molar-refractivity contribution in [3.05, 3.63) is 40.2 Å². The fraction of sp³-hybridized carbons (Fsp3) is 0.389. The Balaban J connectivity index is 1.65. The minimum atomic E-state index is -3.76. The van der Waals surface area contributed by atoms with E-state index in [2.05, 4.69) is 4.72 Å². The van der Waals surface area contributed by atoms with E-state index in [0.717, 1.165) is 43.6 Å². The number of ether oxygens (including phenoxy) is 1. The van der Waals surface area contributed by atoms with E-state index < -0.39 is 10.0 Å². The number of piperidine rings is 1. The maximum absolute atomic E-state index is 13.1. The van der Waals surface area contributed by atoms with Crippen molar-refractivity contribution in [1.29, 1.82) is 0 Å². The van der Waals surface area contributed by atoms with Crippen LogP contribution < -0.4 is 9.46 Å². The Morgan fingerprint density at radius 3 is 2.81 bits per heavy atom. The Morgan fingerprint density at radius 2 is 2.04 bits per heavy atom. The molecule has 6 nitrogen and oxygen atoms in total. The normalized spacial score (nSPS) is 20.1. The van der Waals surface area contributed by atoms with Gasteiger partial charge in [0, 0.05) is 24.7 Å². The van der Waals surface area contributed by atoms with Crippen molar-refractivity contribution >= 4 is 44.6 Å². The zero-order valence-corrected chi connectivity index (χ0v) is 16.9. The fourth-order valence-electron chi connectivity index (χ4n) is 3.56. The second kappa shape index (κ2) is 7.33. The predicted octanol–water partition coefficient (Wildman–Crippen LogP) is 3.98. The molecular weight excluding hydrogens is 408 g/mol. The lowest BCUT2D eigenvalue weighted by atomic mass is 9.97. The molecule has 0 bridgehead atoms. The maximum atomic E-state index is 13.1. The summed E-state index contributed by atoms with van der Waals surface area (Å²) in [7, 11) is -3.76. The molecule has 1 saturated heterocycles. The minimum absolute atomic E-state index is 0.102. The average molecular weight is 427 g/mol. The number of hydrogen-bond acceptors (Lipinski definition) is 5. The van der Waals surface area contributed by atoms with E-state index in [0.29, 0.717) is 27.9 Å². The number of benzene rings is 1. The third-order valence-corrected chi connectivity index (χ3v) is 7.98. The van der Waals surface area contributed by atoms with E-state index in [1.54, 1.807) is 18.2 Å². The van der Waals surface area contributed by atoms with Crippen LogP contribution >= 0.6 is 22.9 Å². The van der Waals surface area contributed by atoms with Crippen molar-refractivity contribution in [1.82, 2.24) is 4.90 Å². The summed E-state index contributed by atoms with van der Waals surface area (Å²) in [5, 5.41) is 0. The highest BCUT2D eigenvalue weighted by Gasteiger charge is 2.31. The zero-order chi connectivity index (χ0) is 19.0. The Hall–Kier alpha value is -1.77. The maximum Gasteiger partial charge on any atom is 0.271 e. The zero-order valence-electron chi connectivity index (χ0n) is 14.5. The van der Waals surface area contributed by atoms with Crippen molar-refractivity contribution in [3.63, 3.8) is 0 Å². The molecule has 1 N–H and O–H groups in total. The van der Waals surface area contributed by atoms with Crippen LogP contribution in [0, 0.1) is 0 Å². The Kier molecular flexibility index (Phi) is 5.05. The van der Waals surface area contributed by atoms with Gasteiger partial charge in [-0.3, -0.25) is 9.52 Å². The first-order chi connectivity index (χ1) is 12.9. The van der Waals surface area contributed by atoms with E-state index in [4.69, 9.17) is 16.3 Å². The van der Waals surface area contributed by atoms with Gasteiger partial charge in [0.25, 0.3) is 15.9 Å². The summed E-state index contributed by atoms with van der Waals surface area (Å²) in [5.74, 6) is 0.390. The number of rotatable bonds is 3. The molecule has 0 saturated carbocycles. The van der Waals surface area contributed by atoms with Gasteiger partial charge in [0.05, 0.1) is 16.5 Å². The van der Waals surface area contributed by atoms with Crippen LogP contribution in [0.25, 0.3) is 0 Å². The van der Waals surface area contributed by atoms with Gasteiger partial charge >= 0.3 is 0 Å². The SMILES string of the molecule is O=C1c2cc(NS(=O)(=O)c3ccc(Cl)s3)ccc2OCCC2CCCCN12. The number of amides is 1. The van der Waals surface area contributed by atoms with E-state index in [1.165, 1.54) is 12.1 Å². The van der Waals surface area contributed by atoms with Crippen LogP contribution in [0.4, 0.5) is 5.69 Å². The van der Waals surface area contributed by atoms with E-state index in [1.807, 2.05) is 4.90 Å². The van der Waals surface area contributed by atoms with Crippen molar-refractivity contribution in [2.45, 2.75) is 35.9 Å². The first-order valence-corrected chi connectivity index (χ1v) is 11.5. The highest BCUT2D eigenvalue weighted by Crippen LogP contribution is 2.32. The first kappa shape index (κ1) is 18.6. The van der Waals surface area contributed by atoms with Gasteiger partial charge in [-0.25, -0.2) is 8.42 Å². The Labute approximate surface area is 167 Å². The number of fused-ring (bicyclic) bond motifs is 2. The molecule has 1 aromatic heterocycles. The molecule has 1 atom stereocenters. The van der Waals surface area contributed by atoms with Gasteiger partial charge in [0.1, 0.15) is 9.96 Å². The number of sulfonamides is 1. The Morgan fingerprint density at radius 1 is 1.19 bits per heavy atom. The molecule has 2 aromatic rings. The smallest absolute Gasteiger partial charge is 0.271 e. The number of carbonyl (C=O) groups excluding carboxylic acids is 1. The van der Waals surface area contributed by atoms with Crippen molar-refractivity contribution in [2.24, 2.45) is 0 Å². The van der Waals surface area contributed by atoms with E-state index in [-0.39, 0.29) is 16.2 Å². The highest BCUT2D eigenvalue weighted by atomic mass is 35.5. The number of thiophene rings is 1. The number of hydrogen-bond donors (Lipinski definition) is 1. The summed E-state index contributed by atoms with van der Waals surface area (Å²) < 4.78 is 33.9. The standard InChI is InChI=1S/C18H19ClN2O4S2/c19-16-6-7-17(26-16)27(23,24)20-12-4-5-15-14(11-12)18(22)21-9-2-1-3-13(21)8-10-25-15/h4-7,11,13,20H,1-3,8-10H2. The fourth-order valence-corrected chi connectivity index (χ4v) is 6.09. The van der Waals surface area contributed by atoms with Crippen LogP contribution in [0.2, 0.25) is 4.34 Å². The number of halogens is 1. The van der Waals surface area contributed by atoms with Gasteiger partial charge in [-0.05, 0) is 49.6 Å². The van der Waals surface area contributed by atoms with Gasteiger partial charge in [-0.2, -0.15) is 0 Å². The monoisotopic (exact) mass is 426 g/mol. The number of carbonyl (C=O) groups is 1. The summed E-state index contributed by atoms with van der Waals surface area (Å²) in [4.78, 5) is 15.0. The van der Waals surface area contributed by atoms with Crippen molar-refractivity contribution in [3.8, 4) is 5.75 Å². The summed E-state index contributed by atoms with van der Waals surface area (Å²) in [6.07, 6.45) is 3.91. The molecule has 0 spiro atoms. The van der Waals surface area contributed by atoms with Crippen LogP contribution in [0.15, 0.2) is 34.5 Å². The molecule has 144 valence electrons. The first-order valence-electron chi connectivity index (χ1n) is 8.80. The van der Waals surface area contributed by atoms with Gasteiger partial charge in [-0.15, -0.1) is 11.3 Å². The lowest BCUT2D eigenvalue weighted by molar-refractivity contribution is 0.0548.